The molecule has 1 aliphatic rings. The fourth-order valence-corrected chi connectivity index (χ4v) is 5.22. The second-order valence-electron chi connectivity index (χ2n) is 6.63. The van der Waals surface area contributed by atoms with Gasteiger partial charge in [-0.05, 0) is 43.2 Å². The Morgan fingerprint density at radius 2 is 2.08 bits per heavy atom. The van der Waals surface area contributed by atoms with Crippen LogP contribution in [0.25, 0.3) is 11.2 Å². The number of aromatic nitrogens is 3. The van der Waals surface area contributed by atoms with Crippen molar-refractivity contribution in [2.75, 3.05) is 13.1 Å². The van der Waals surface area contributed by atoms with Crippen molar-refractivity contribution in [1.29, 1.82) is 0 Å². The molecule has 0 N–H and O–H groups in total. The largest absolute Gasteiger partial charge is 0.316 e. The molecule has 3 heterocycles. The molecule has 6 nitrogen and oxygen atoms in total. The van der Waals surface area contributed by atoms with E-state index < -0.39 is 10.0 Å². The van der Waals surface area contributed by atoms with Crippen LogP contribution in [0.4, 0.5) is 0 Å². The van der Waals surface area contributed by atoms with Gasteiger partial charge in [-0.2, -0.15) is 4.31 Å². The molecule has 0 aliphatic carbocycles. The monoisotopic (exact) mass is 390 g/mol. The van der Waals surface area contributed by atoms with Crippen LogP contribution in [-0.2, 0) is 17.1 Å². The summed E-state index contributed by atoms with van der Waals surface area (Å²) in [6.07, 6.45) is 2.47. The van der Waals surface area contributed by atoms with Crippen LogP contribution in [-0.4, -0.2) is 40.3 Å². The molecule has 0 amide bonds. The summed E-state index contributed by atoms with van der Waals surface area (Å²) < 4.78 is 29.4. The zero-order valence-corrected chi connectivity index (χ0v) is 16.1. The first-order valence-corrected chi connectivity index (χ1v) is 10.2. The Kier molecular flexibility index (Phi) is 4.25. The van der Waals surface area contributed by atoms with Crippen molar-refractivity contribution in [3.63, 3.8) is 0 Å². The van der Waals surface area contributed by atoms with Crippen molar-refractivity contribution < 1.29 is 8.42 Å². The number of pyridine rings is 1. The molecule has 0 unspecified atom stereocenters. The van der Waals surface area contributed by atoms with E-state index >= 15 is 0 Å². The lowest BCUT2D eigenvalue weighted by Gasteiger charge is -2.17. The van der Waals surface area contributed by atoms with Crippen LogP contribution in [0.3, 0.4) is 0 Å². The van der Waals surface area contributed by atoms with Crippen molar-refractivity contribution in [2.24, 2.45) is 7.05 Å². The number of benzene rings is 1. The first-order chi connectivity index (χ1) is 12.4. The quantitative estimate of drug-likeness (QED) is 0.689. The molecular weight excluding hydrogens is 372 g/mol. The molecule has 0 spiro atoms. The lowest BCUT2D eigenvalue weighted by Crippen LogP contribution is -2.29. The highest BCUT2D eigenvalue weighted by molar-refractivity contribution is 7.89. The number of fused-ring (bicyclic) bond motifs is 1. The molecule has 1 aromatic carbocycles. The minimum atomic E-state index is -3.57. The van der Waals surface area contributed by atoms with Crippen LogP contribution in [0, 0.1) is 6.92 Å². The number of hydrogen-bond acceptors (Lipinski definition) is 4. The van der Waals surface area contributed by atoms with Gasteiger partial charge in [0.15, 0.2) is 5.65 Å². The van der Waals surface area contributed by atoms with Crippen LogP contribution in [0.5, 0.6) is 0 Å². The van der Waals surface area contributed by atoms with Gasteiger partial charge in [0.1, 0.15) is 11.3 Å². The van der Waals surface area contributed by atoms with E-state index in [1.807, 2.05) is 30.7 Å². The smallest absolute Gasteiger partial charge is 0.243 e. The summed E-state index contributed by atoms with van der Waals surface area (Å²) in [7, 11) is -1.64. The van der Waals surface area contributed by atoms with Gasteiger partial charge in [-0.15, -0.1) is 0 Å². The van der Waals surface area contributed by atoms with Gasteiger partial charge >= 0.3 is 0 Å². The molecule has 0 bridgehead atoms. The summed E-state index contributed by atoms with van der Waals surface area (Å²) in [4.78, 5) is 9.26. The number of imidazole rings is 1. The van der Waals surface area contributed by atoms with Gasteiger partial charge in [-0.1, -0.05) is 17.7 Å². The molecule has 136 valence electrons. The van der Waals surface area contributed by atoms with Gasteiger partial charge in [0.25, 0.3) is 0 Å². The Balaban J connectivity index is 1.63. The van der Waals surface area contributed by atoms with Crippen molar-refractivity contribution in [3.8, 4) is 0 Å². The highest BCUT2D eigenvalue weighted by atomic mass is 35.5. The van der Waals surface area contributed by atoms with E-state index in [1.54, 1.807) is 18.3 Å². The minimum Gasteiger partial charge on any atom is -0.316 e. The van der Waals surface area contributed by atoms with E-state index in [0.717, 1.165) is 29.0 Å². The molecule has 1 atom stereocenters. The summed E-state index contributed by atoms with van der Waals surface area (Å²) in [5.74, 6) is 0.920. The van der Waals surface area contributed by atoms with Crippen LogP contribution >= 0.6 is 11.6 Å². The van der Waals surface area contributed by atoms with E-state index in [-0.39, 0.29) is 10.8 Å². The standard InChI is InChI=1S/C18H19ClN4O2S/c1-12-5-6-14(10-15(12)19)26(24,25)23-9-7-13(11-23)17-21-16-4-3-8-20-18(16)22(17)2/h3-6,8,10,13H,7,9,11H2,1-2H3/t13-/m0/s1. The van der Waals surface area contributed by atoms with Crippen molar-refractivity contribution >= 4 is 32.8 Å². The Bertz CT molecular complexity index is 1090. The average molecular weight is 391 g/mol. The molecule has 2 aromatic heterocycles. The lowest BCUT2D eigenvalue weighted by molar-refractivity contribution is 0.470. The second kappa shape index (κ2) is 6.33. The van der Waals surface area contributed by atoms with Crippen molar-refractivity contribution in [2.45, 2.75) is 24.2 Å². The van der Waals surface area contributed by atoms with Crippen LogP contribution in [0.2, 0.25) is 5.02 Å². The van der Waals surface area contributed by atoms with Gasteiger partial charge in [0, 0.05) is 37.3 Å². The van der Waals surface area contributed by atoms with Gasteiger partial charge in [-0.3, -0.25) is 0 Å². The highest BCUT2D eigenvalue weighted by Crippen LogP contribution is 2.32. The number of halogens is 1. The summed E-state index contributed by atoms with van der Waals surface area (Å²) in [5, 5.41) is 0.461. The van der Waals surface area contributed by atoms with Crippen molar-refractivity contribution in [3.05, 3.63) is 52.9 Å². The maximum atomic E-state index is 13.0. The van der Waals surface area contributed by atoms with Crippen LogP contribution in [0.15, 0.2) is 41.4 Å². The molecular formula is C18H19ClN4O2S. The third-order valence-electron chi connectivity index (χ3n) is 4.96. The Morgan fingerprint density at radius 1 is 1.27 bits per heavy atom. The van der Waals surface area contributed by atoms with Gasteiger partial charge in [0.05, 0.1) is 4.90 Å². The molecule has 1 fully saturated rings. The maximum absolute atomic E-state index is 13.0. The lowest BCUT2D eigenvalue weighted by atomic mass is 10.1. The number of nitrogens with zero attached hydrogens (tertiary/aromatic N) is 4. The zero-order valence-electron chi connectivity index (χ0n) is 14.6. The van der Waals surface area contributed by atoms with E-state index in [9.17, 15) is 8.42 Å². The predicted octanol–water partition coefficient (Wildman–Crippen LogP) is 3.11. The van der Waals surface area contributed by atoms with E-state index in [4.69, 9.17) is 11.6 Å². The molecule has 0 radical (unpaired) electrons. The number of rotatable bonds is 3. The first kappa shape index (κ1) is 17.5. The highest BCUT2D eigenvalue weighted by Gasteiger charge is 2.35. The topological polar surface area (TPSA) is 68.1 Å². The number of hydrogen-bond donors (Lipinski definition) is 0. The average Bonchev–Trinajstić information content (AvgIpc) is 3.23. The van der Waals surface area contributed by atoms with E-state index in [0.29, 0.717) is 18.1 Å². The summed E-state index contributed by atoms with van der Waals surface area (Å²) in [5.41, 5.74) is 2.50. The number of aryl methyl sites for hydroxylation is 2. The van der Waals surface area contributed by atoms with Gasteiger partial charge in [0.2, 0.25) is 10.0 Å². The van der Waals surface area contributed by atoms with E-state index in [1.165, 1.54) is 10.4 Å². The summed E-state index contributed by atoms with van der Waals surface area (Å²) in [6, 6.07) is 8.65. The van der Waals surface area contributed by atoms with Crippen LogP contribution in [0.1, 0.15) is 23.7 Å². The predicted molar refractivity (Wildman–Crippen MR) is 101 cm³/mol. The third kappa shape index (κ3) is 2.80. The third-order valence-corrected chi connectivity index (χ3v) is 7.23. The molecule has 4 rings (SSSR count). The van der Waals surface area contributed by atoms with Crippen molar-refractivity contribution in [1.82, 2.24) is 18.8 Å². The molecule has 1 aliphatic heterocycles. The molecule has 0 saturated carbocycles. The van der Waals surface area contributed by atoms with Gasteiger partial charge < -0.3 is 4.57 Å². The Morgan fingerprint density at radius 3 is 2.81 bits per heavy atom. The van der Waals surface area contributed by atoms with Gasteiger partial charge in [-0.25, -0.2) is 18.4 Å². The normalized spacial score (nSPS) is 18.7. The van der Waals surface area contributed by atoms with Crippen LogP contribution < -0.4 is 0 Å². The summed E-state index contributed by atoms with van der Waals surface area (Å²) >= 11 is 6.11. The SMILES string of the molecule is Cc1ccc(S(=O)(=O)N2CC[C@H](c3nc4cccnc4n3C)C2)cc1Cl. The minimum absolute atomic E-state index is 0.0462. The zero-order chi connectivity index (χ0) is 18.5. The Hall–Kier alpha value is -1.96. The fraction of sp³-hybridized carbons (Fsp3) is 0.333. The molecule has 8 heteroatoms. The van der Waals surface area contributed by atoms with E-state index in [2.05, 4.69) is 9.97 Å². The number of sulfonamides is 1. The second-order valence-corrected chi connectivity index (χ2v) is 8.98. The first-order valence-electron chi connectivity index (χ1n) is 8.41. The fourth-order valence-electron chi connectivity index (χ4n) is 3.45. The molecule has 3 aromatic rings. The Labute approximate surface area is 157 Å². The molecule has 1 saturated heterocycles. The maximum Gasteiger partial charge on any atom is 0.243 e. The molecule has 26 heavy (non-hydrogen) atoms. The summed E-state index contributed by atoms with van der Waals surface area (Å²) in [6.45, 7) is 2.73.